The van der Waals surface area contributed by atoms with Gasteiger partial charge in [0, 0.05) is 32.2 Å². The fraction of sp³-hybridized carbons (Fsp3) is 0.714. The molecular formula is C21H29F3N2O5. The van der Waals surface area contributed by atoms with Crippen LogP contribution in [0.2, 0.25) is 0 Å². The molecule has 1 amide bonds. The lowest BCUT2D eigenvalue weighted by Crippen LogP contribution is -2.58. The number of carboxylic acids is 1. The van der Waals surface area contributed by atoms with Crippen molar-refractivity contribution in [1.82, 2.24) is 10.2 Å². The molecule has 0 spiro atoms. The Morgan fingerprint density at radius 2 is 1.94 bits per heavy atom. The van der Waals surface area contributed by atoms with Crippen molar-refractivity contribution >= 4 is 11.9 Å². The Hall–Kier alpha value is -2.07. The number of hydrogen-bond acceptors (Lipinski definition) is 5. The highest BCUT2D eigenvalue weighted by Crippen LogP contribution is 2.42. The van der Waals surface area contributed by atoms with Crippen LogP contribution in [0.25, 0.3) is 0 Å². The fourth-order valence-corrected chi connectivity index (χ4v) is 4.29. The number of likely N-dealkylation sites (tertiary alicyclic amines) is 1. The van der Waals surface area contributed by atoms with Gasteiger partial charge in [-0.25, -0.2) is 4.79 Å². The Balaban J connectivity index is 0.000000339. The number of furan rings is 1. The second kappa shape index (κ2) is 9.60. The second-order valence-electron chi connectivity index (χ2n) is 8.39. The number of alkyl halides is 3. The number of fused-ring (bicyclic) bond motifs is 1. The van der Waals surface area contributed by atoms with Gasteiger partial charge in [-0.05, 0) is 44.2 Å². The number of piperidine rings is 1. The first-order valence-corrected chi connectivity index (χ1v) is 10.7. The van der Waals surface area contributed by atoms with E-state index in [0.717, 1.165) is 63.3 Å². The number of carbonyl (C=O) groups excluding carboxylic acids is 1. The fourth-order valence-electron chi connectivity index (χ4n) is 4.29. The van der Waals surface area contributed by atoms with Gasteiger partial charge in [-0.1, -0.05) is 6.92 Å². The molecule has 3 aliphatic rings. The average molecular weight is 446 g/mol. The number of halogens is 3. The van der Waals surface area contributed by atoms with Crippen LogP contribution < -0.4 is 5.32 Å². The first-order valence-electron chi connectivity index (χ1n) is 10.7. The number of amides is 1. The average Bonchev–Trinajstić information content (AvgIpc) is 3.31. The van der Waals surface area contributed by atoms with Crippen LogP contribution in [-0.4, -0.2) is 59.9 Å². The maximum absolute atomic E-state index is 13.0. The third-order valence-electron chi connectivity index (χ3n) is 6.28. The summed E-state index contributed by atoms with van der Waals surface area (Å²) < 4.78 is 43.5. The molecule has 2 atom stereocenters. The van der Waals surface area contributed by atoms with E-state index in [4.69, 9.17) is 19.1 Å². The number of rotatable bonds is 5. The topological polar surface area (TPSA) is 92.0 Å². The van der Waals surface area contributed by atoms with Crippen molar-refractivity contribution in [3.8, 4) is 0 Å². The molecule has 0 aromatic carbocycles. The van der Waals surface area contributed by atoms with E-state index in [2.05, 4.69) is 29.3 Å². The molecule has 7 nitrogen and oxygen atoms in total. The van der Waals surface area contributed by atoms with Gasteiger partial charge in [-0.2, -0.15) is 13.2 Å². The van der Waals surface area contributed by atoms with E-state index < -0.39 is 12.1 Å². The summed E-state index contributed by atoms with van der Waals surface area (Å²) in [5, 5.41) is 10.4. The van der Waals surface area contributed by atoms with Gasteiger partial charge in [0.15, 0.2) is 0 Å². The first-order chi connectivity index (χ1) is 14.6. The van der Waals surface area contributed by atoms with Crippen LogP contribution in [-0.2, 0) is 27.3 Å². The summed E-state index contributed by atoms with van der Waals surface area (Å²) in [7, 11) is 0. The quantitative estimate of drug-likeness (QED) is 0.722. The molecule has 2 saturated heterocycles. The molecule has 2 aliphatic heterocycles. The third kappa shape index (κ3) is 5.60. The van der Waals surface area contributed by atoms with Crippen molar-refractivity contribution in [3.05, 3.63) is 23.7 Å². The highest BCUT2D eigenvalue weighted by atomic mass is 19.4. The monoisotopic (exact) mass is 446 g/mol. The summed E-state index contributed by atoms with van der Waals surface area (Å²) >= 11 is 0. The SMILES string of the molecule is CCc1ccc(CN2CC[C@H]3OCC[C@@]3(C(=O)NC3CCC3)C2)o1.O=C(O)C(F)(F)F. The Morgan fingerprint density at radius 1 is 1.26 bits per heavy atom. The van der Waals surface area contributed by atoms with Crippen molar-refractivity contribution in [3.63, 3.8) is 0 Å². The number of carboxylic acid groups (broad SMARTS) is 1. The van der Waals surface area contributed by atoms with Crippen LogP contribution >= 0.6 is 0 Å². The first kappa shape index (κ1) is 23.6. The molecule has 31 heavy (non-hydrogen) atoms. The molecule has 0 unspecified atom stereocenters. The number of aryl methyl sites for hydroxylation is 1. The summed E-state index contributed by atoms with van der Waals surface area (Å²) in [6.45, 7) is 5.33. The van der Waals surface area contributed by atoms with Crippen molar-refractivity contribution < 1.29 is 37.0 Å². The molecule has 0 radical (unpaired) electrons. The Morgan fingerprint density at radius 3 is 2.48 bits per heavy atom. The number of nitrogens with zero attached hydrogens (tertiary/aromatic N) is 1. The van der Waals surface area contributed by atoms with E-state index in [1.165, 1.54) is 6.42 Å². The lowest BCUT2D eigenvalue weighted by molar-refractivity contribution is -0.192. The van der Waals surface area contributed by atoms with Gasteiger partial charge in [-0.15, -0.1) is 0 Å². The molecule has 10 heteroatoms. The summed E-state index contributed by atoms with van der Waals surface area (Å²) in [5.41, 5.74) is -0.367. The predicted octanol–water partition coefficient (Wildman–Crippen LogP) is 3.13. The minimum atomic E-state index is -5.08. The van der Waals surface area contributed by atoms with E-state index in [1.54, 1.807) is 0 Å². The maximum Gasteiger partial charge on any atom is 0.490 e. The van der Waals surface area contributed by atoms with E-state index >= 15 is 0 Å². The lowest BCUT2D eigenvalue weighted by atomic mass is 9.75. The smallest absolute Gasteiger partial charge is 0.475 e. The zero-order valence-corrected chi connectivity index (χ0v) is 17.5. The Labute approximate surface area is 178 Å². The number of ether oxygens (including phenoxy) is 1. The molecule has 3 heterocycles. The molecule has 0 bridgehead atoms. The molecular weight excluding hydrogens is 417 g/mol. The number of hydrogen-bond donors (Lipinski definition) is 2. The maximum atomic E-state index is 13.0. The van der Waals surface area contributed by atoms with Gasteiger partial charge in [0.2, 0.25) is 5.91 Å². The van der Waals surface area contributed by atoms with Crippen molar-refractivity contribution in [1.29, 1.82) is 0 Å². The normalized spacial score (nSPS) is 26.4. The van der Waals surface area contributed by atoms with Crippen LogP contribution in [0, 0.1) is 5.41 Å². The number of nitrogens with one attached hydrogen (secondary N) is 1. The molecule has 1 saturated carbocycles. The second-order valence-corrected chi connectivity index (χ2v) is 8.39. The van der Waals surface area contributed by atoms with Gasteiger partial charge in [0.1, 0.15) is 11.5 Å². The van der Waals surface area contributed by atoms with Gasteiger partial charge >= 0.3 is 12.1 Å². The molecule has 3 fully saturated rings. The van der Waals surface area contributed by atoms with Crippen molar-refractivity contribution in [2.24, 2.45) is 5.41 Å². The number of carbonyl (C=O) groups is 2. The molecule has 174 valence electrons. The van der Waals surface area contributed by atoms with Gasteiger partial charge in [0.05, 0.1) is 18.1 Å². The minimum Gasteiger partial charge on any atom is -0.475 e. The van der Waals surface area contributed by atoms with Crippen LogP contribution in [0.1, 0.15) is 50.5 Å². The molecule has 2 N–H and O–H groups in total. The van der Waals surface area contributed by atoms with E-state index in [9.17, 15) is 18.0 Å². The van der Waals surface area contributed by atoms with Crippen molar-refractivity contribution in [2.45, 2.75) is 70.3 Å². The summed E-state index contributed by atoms with van der Waals surface area (Å²) in [6.07, 6.45) is 1.18. The standard InChI is InChI=1S/C19H28N2O3.C2HF3O2/c1-2-15-6-7-16(24-15)12-21-10-8-17-19(13-21,9-11-23-17)18(22)20-14-4-3-5-14;3-2(4,5)1(6)7/h6-7,14,17H,2-5,8-13H2,1H3,(H,20,22);(H,6,7)/t17-,19-;/m1./s1. The molecule has 4 rings (SSSR count). The lowest BCUT2D eigenvalue weighted by Gasteiger charge is -2.43. The Bertz CT molecular complexity index is 777. The van der Waals surface area contributed by atoms with E-state index in [1.807, 2.05) is 0 Å². The summed E-state index contributed by atoms with van der Waals surface area (Å²) in [4.78, 5) is 24.3. The minimum absolute atomic E-state index is 0.0802. The molecule has 1 aromatic rings. The van der Waals surface area contributed by atoms with Crippen molar-refractivity contribution in [2.75, 3.05) is 19.7 Å². The van der Waals surface area contributed by atoms with Crippen LogP contribution in [0.15, 0.2) is 16.5 Å². The highest BCUT2D eigenvalue weighted by Gasteiger charge is 2.53. The van der Waals surface area contributed by atoms with Gasteiger partial charge in [0.25, 0.3) is 0 Å². The van der Waals surface area contributed by atoms with Crippen LogP contribution in [0.3, 0.4) is 0 Å². The third-order valence-corrected chi connectivity index (χ3v) is 6.28. The Kier molecular flexibility index (Phi) is 7.31. The van der Waals surface area contributed by atoms with Gasteiger partial charge < -0.3 is 19.6 Å². The largest absolute Gasteiger partial charge is 0.490 e. The van der Waals surface area contributed by atoms with E-state index in [-0.39, 0.29) is 17.4 Å². The summed E-state index contributed by atoms with van der Waals surface area (Å²) in [5.74, 6) is -0.513. The summed E-state index contributed by atoms with van der Waals surface area (Å²) in [6, 6.07) is 4.51. The highest BCUT2D eigenvalue weighted by molar-refractivity contribution is 5.84. The molecule has 1 aliphatic carbocycles. The van der Waals surface area contributed by atoms with E-state index in [0.29, 0.717) is 12.6 Å². The van der Waals surface area contributed by atoms with Gasteiger partial charge in [-0.3, -0.25) is 9.69 Å². The van der Waals surface area contributed by atoms with Crippen LogP contribution in [0.4, 0.5) is 13.2 Å². The predicted molar refractivity (Wildman–Crippen MR) is 104 cm³/mol. The van der Waals surface area contributed by atoms with Crippen LogP contribution in [0.5, 0.6) is 0 Å². The zero-order chi connectivity index (χ0) is 22.6. The zero-order valence-electron chi connectivity index (χ0n) is 17.5. The molecule has 1 aromatic heterocycles. The number of aliphatic carboxylic acids is 1.